The highest BCUT2D eigenvalue weighted by Crippen LogP contribution is 2.29. The maximum absolute atomic E-state index is 6.06. The van der Waals surface area contributed by atoms with E-state index in [0.29, 0.717) is 34.6 Å². The van der Waals surface area contributed by atoms with E-state index in [1.165, 1.54) is 12.7 Å². The largest absolute Gasteiger partial charge is 0.457 e. The van der Waals surface area contributed by atoms with E-state index >= 15 is 0 Å². The number of rotatable bonds is 6. The Balaban J connectivity index is 1.24. The predicted molar refractivity (Wildman–Crippen MR) is 123 cm³/mol. The van der Waals surface area contributed by atoms with E-state index in [4.69, 9.17) is 4.74 Å². The van der Waals surface area contributed by atoms with Gasteiger partial charge in [0, 0.05) is 31.0 Å². The second-order valence-corrected chi connectivity index (χ2v) is 7.78. The molecule has 0 spiro atoms. The summed E-state index contributed by atoms with van der Waals surface area (Å²) in [7, 11) is 0. The topological polar surface area (TPSA) is 127 Å². The van der Waals surface area contributed by atoms with Crippen LogP contribution in [0.4, 0.5) is 17.5 Å². The Morgan fingerprint density at radius 1 is 1.06 bits per heavy atom. The molecule has 0 unspecified atom stereocenters. The molecular formula is C22H20N10O. The van der Waals surface area contributed by atoms with Crippen LogP contribution < -0.4 is 20.7 Å². The zero-order chi connectivity index (χ0) is 22.2. The molecule has 1 fully saturated rings. The molecule has 0 aliphatic carbocycles. The minimum atomic E-state index is 0.337. The number of nitrogens with zero attached hydrogens (tertiary/aromatic N) is 7. The number of ether oxygens (including phenoxy) is 1. The first kappa shape index (κ1) is 19.3. The van der Waals surface area contributed by atoms with Crippen molar-refractivity contribution in [3.63, 3.8) is 0 Å². The van der Waals surface area contributed by atoms with E-state index in [1.807, 2.05) is 43.5 Å². The van der Waals surface area contributed by atoms with Crippen LogP contribution in [0.25, 0.3) is 16.7 Å². The Kier molecular flexibility index (Phi) is 4.65. The van der Waals surface area contributed by atoms with Crippen LogP contribution in [-0.2, 0) is 0 Å². The van der Waals surface area contributed by atoms with Gasteiger partial charge in [-0.25, -0.2) is 29.4 Å². The van der Waals surface area contributed by atoms with Crippen molar-refractivity contribution in [3.05, 3.63) is 60.9 Å². The molecule has 0 saturated carbocycles. The van der Waals surface area contributed by atoms with Gasteiger partial charge >= 0.3 is 0 Å². The number of hydrogen-bond acceptors (Lipinski definition) is 10. The molecule has 0 bridgehead atoms. The highest BCUT2D eigenvalue weighted by molar-refractivity contribution is 5.87. The fraction of sp³-hybridized carbons (Fsp3) is 0.182. The molecule has 1 saturated heterocycles. The highest BCUT2D eigenvalue weighted by atomic mass is 16.5. The van der Waals surface area contributed by atoms with Crippen LogP contribution in [0.3, 0.4) is 0 Å². The van der Waals surface area contributed by atoms with Crippen LogP contribution in [-0.4, -0.2) is 53.7 Å². The Morgan fingerprint density at radius 3 is 2.85 bits per heavy atom. The Hall–Kier alpha value is -4.38. The van der Waals surface area contributed by atoms with Crippen molar-refractivity contribution in [2.75, 3.05) is 23.7 Å². The van der Waals surface area contributed by atoms with Crippen LogP contribution in [0.15, 0.2) is 55.4 Å². The Morgan fingerprint density at radius 2 is 2.00 bits per heavy atom. The number of aromatic nitrogens is 7. The summed E-state index contributed by atoms with van der Waals surface area (Å²) >= 11 is 0. The summed E-state index contributed by atoms with van der Waals surface area (Å²) in [6.07, 6.45) is 6.53. The van der Waals surface area contributed by atoms with E-state index in [2.05, 4.69) is 46.0 Å². The molecular weight excluding hydrogens is 420 g/mol. The van der Waals surface area contributed by atoms with Crippen LogP contribution in [0, 0.1) is 6.92 Å². The molecule has 33 heavy (non-hydrogen) atoms. The fourth-order valence-corrected chi connectivity index (χ4v) is 3.55. The molecule has 0 amide bonds. The van der Waals surface area contributed by atoms with E-state index in [0.717, 1.165) is 35.7 Å². The van der Waals surface area contributed by atoms with Crippen molar-refractivity contribution in [1.29, 1.82) is 0 Å². The molecule has 3 N–H and O–H groups in total. The molecule has 1 aromatic carbocycles. The highest BCUT2D eigenvalue weighted by Gasteiger charge is 2.18. The molecule has 11 heteroatoms. The monoisotopic (exact) mass is 440 g/mol. The van der Waals surface area contributed by atoms with E-state index in [1.54, 1.807) is 10.7 Å². The summed E-state index contributed by atoms with van der Waals surface area (Å²) in [5, 5.41) is 14.0. The van der Waals surface area contributed by atoms with Crippen LogP contribution >= 0.6 is 0 Å². The van der Waals surface area contributed by atoms with Crippen molar-refractivity contribution in [2.45, 2.75) is 13.0 Å². The standard InChI is InChI=1S/C22H20N10O/c1-13-6-14(2-3-18(13)33-16-4-5-32-19(7-16)26-12-28-32)29-21-20-17(25-11-27-21)10-24-22(31-20)30-15-8-23-9-15/h2-7,10-12,15,23H,8-9H2,1H3,(H,24,30,31)(H,25,27,29). The summed E-state index contributed by atoms with van der Waals surface area (Å²) in [6.45, 7) is 3.79. The third-order valence-corrected chi connectivity index (χ3v) is 5.41. The summed E-state index contributed by atoms with van der Waals surface area (Å²) in [6, 6.07) is 9.89. The minimum absolute atomic E-state index is 0.337. The third kappa shape index (κ3) is 3.85. The second-order valence-electron chi connectivity index (χ2n) is 7.78. The van der Waals surface area contributed by atoms with Crippen LogP contribution in [0.1, 0.15) is 5.56 Å². The lowest BCUT2D eigenvalue weighted by atomic mass is 10.2. The lowest BCUT2D eigenvalue weighted by Gasteiger charge is -2.27. The molecule has 5 aromatic rings. The van der Waals surface area contributed by atoms with Crippen LogP contribution in [0.5, 0.6) is 11.5 Å². The zero-order valence-corrected chi connectivity index (χ0v) is 17.7. The maximum atomic E-state index is 6.06. The molecule has 1 aliphatic rings. The fourth-order valence-electron chi connectivity index (χ4n) is 3.55. The third-order valence-electron chi connectivity index (χ3n) is 5.41. The normalized spacial score (nSPS) is 13.7. The van der Waals surface area contributed by atoms with E-state index < -0.39 is 0 Å². The number of fused-ring (bicyclic) bond motifs is 2. The lowest BCUT2D eigenvalue weighted by molar-refractivity contribution is 0.470. The first-order chi connectivity index (χ1) is 16.2. The number of pyridine rings is 1. The van der Waals surface area contributed by atoms with Crippen molar-refractivity contribution < 1.29 is 4.74 Å². The van der Waals surface area contributed by atoms with Gasteiger partial charge in [0.1, 0.15) is 35.2 Å². The smallest absolute Gasteiger partial charge is 0.223 e. The average Bonchev–Trinajstić information content (AvgIpc) is 3.26. The molecule has 6 rings (SSSR count). The van der Waals surface area contributed by atoms with Gasteiger partial charge in [-0.1, -0.05) is 0 Å². The maximum Gasteiger partial charge on any atom is 0.223 e. The number of benzene rings is 1. The SMILES string of the molecule is Cc1cc(Nc2ncnc3cnc(NC4CNC4)nc23)ccc1Oc1ccn2ncnc2c1. The van der Waals surface area contributed by atoms with Gasteiger partial charge in [-0.05, 0) is 36.8 Å². The van der Waals surface area contributed by atoms with Crippen LogP contribution in [0.2, 0.25) is 0 Å². The van der Waals surface area contributed by atoms with Gasteiger partial charge in [-0.3, -0.25) is 0 Å². The Bertz CT molecular complexity index is 1460. The number of aryl methyl sites for hydroxylation is 1. The quantitative estimate of drug-likeness (QED) is 0.363. The first-order valence-electron chi connectivity index (χ1n) is 10.5. The van der Waals surface area contributed by atoms with Gasteiger partial charge in [0.2, 0.25) is 5.95 Å². The van der Waals surface area contributed by atoms with Crippen molar-refractivity contribution >= 4 is 34.1 Å². The van der Waals surface area contributed by atoms with Gasteiger partial charge < -0.3 is 20.7 Å². The molecule has 5 heterocycles. The van der Waals surface area contributed by atoms with Gasteiger partial charge in [0.25, 0.3) is 0 Å². The van der Waals surface area contributed by atoms with Gasteiger partial charge in [0.15, 0.2) is 11.5 Å². The summed E-state index contributed by atoms with van der Waals surface area (Å²) in [5.41, 5.74) is 3.88. The molecule has 0 atom stereocenters. The average molecular weight is 440 g/mol. The lowest BCUT2D eigenvalue weighted by Crippen LogP contribution is -2.51. The van der Waals surface area contributed by atoms with Gasteiger partial charge in [-0.2, -0.15) is 5.10 Å². The van der Waals surface area contributed by atoms with E-state index in [9.17, 15) is 0 Å². The summed E-state index contributed by atoms with van der Waals surface area (Å²) in [5.74, 6) is 2.62. The number of nitrogens with one attached hydrogen (secondary N) is 3. The van der Waals surface area contributed by atoms with E-state index in [-0.39, 0.29) is 0 Å². The summed E-state index contributed by atoms with van der Waals surface area (Å²) < 4.78 is 7.75. The number of anilines is 3. The molecule has 0 radical (unpaired) electrons. The molecule has 1 aliphatic heterocycles. The minimum Gasteiger partial charge on any atom is -0.457 e. The molecule has 4 aromatic heterocycles. The molecule has 164 valence electrons. The molecule has 11 nitrogen and oxygen atoms in total. The predicted octanol–water partition coefficient (Wildman–Crippen LogP) is 2.69. The van der Waals surface area contributed by atoms with Crippen molar-refractivity contribution in [1.82, 2.24) is 39.9 Å². The first-order valence-corrected chi connectivity index (χ1v) is 10.5. The van der Waals surface area contributed by atoms with Gasteiger partial charge in [-0.15, -0.1) is 0 Å². The van der Waals surface area contributed by atoms with Crippen molar-refractivity contribution in [2.24, 2.45) is 0 Å². The summed E-state index contributed by atoms with van der Waals surface area (Å²) in [4.78, 5) is 21.9. The van der Waals surface area contributed by atoms with Gasteiger partial charge in [0.05, 0.1) is 12.2 Å². The Labute approximate surface area is 188 Å². The number of hydrogen-bond donors (Lipinski definition) is 3. The zero-order valence-electron chi connectivity index (χ0n) is 17.7. The van der Waals surface area contributed by atoms with Crippen molar-refractivity contribution in [3.8, 4) is 11.5 Å². The second kappa shape index (κ2) is 7.95.